The van der Waals surface area contributed by atoms with Crippen LogP contribution >= 0.6 is 0 Å². The maximum absolute atomic E-state index is 12.8. The van der Waals surface area contributed by atoms with Gasteiger partial charge in [-0.3, -0.25) is 9.78 Å². The minimum Gasteiger partial charge on any atom is -0.459 e. The maximum Gasteiger partial charge on any atom is 0.290 e. The van der Waals surface area contributed by atoms with Crippen LogP contribution in [0.4, 0.5) is 5.69 Å². The predicted molar refractivity (Wildman–Crippen MR) is 103 cm³/mol. The van der Waals surface area contributed by atoms with Gasteiger partial charge < -0.3 is 19.9 Å². The Hall–Kier alpha value is -1.92. The third kappa shape index (κ3) is 5.08. The zero-order valence-electron chi connectivity index (χ0n) is 16.0. The van der Waals surface area contributed by atoms with E-state index in [-0.39, 0.29) is 24.3 Å². The fourth-order valence-corrected chi connectivity index (χ4v) is 4.30. The Morgan fingerprint density at radius 3 is 2.89 bits per heavy atom. The number of aliphatic hydroxyl groups excluding tert-OH is 1. The largest absolute Gasteiger partial charge is 0.459 e. The van der Waals surface area contributed by atoms with E-state index in [4.69, 9.17) is 9.47 Å². The van der Waals surface area contributed by atoms with Gasteiger partial charge in [0, 0.05) is 25.3 Å². The summed E-state index contributed by atoms with van der Waals surface area (Å²) in [5.41, 5.74) is 0.639. The van der Waals surface area contributed by atoms with Gasteiger partial charge in [0.2, 0.25) is 6.29 Å². The Morgan fingerprint density at radius 2 is 2.22 bits per heavy atom. The minimum absolute atomic E-state index is 0.158. The van der Waals surface area contributed by atoms with Gasteiger partial charge in [0.25, 0.3) is 5.91 Å². The summed E-state index contributed by atoms with van der Waals surface area (Å²) in [6, 6.07) is 3.58. The minimum atomic E-state index is -0.452. The van der Waals surface area contributed by atoms with Crippen molar-refractivity contribution in [3.8, 4) is 0 Å². The number of amides is 1. The van der Waals surface area contributed by atoms with Gasteiger partial charge in [-0.25, -0.2) is 0 Å². The zero-order valence-corrected chi connectivity index (χ0v) is 16.0. The first kappa shape index (κ1) is 19.8. The number of aromatic nitrogens is 1. The number of hydrogen-bond donors (Lipinski definition) is 2. The van der Waals surface area contributed by atoms with Crippen LogP contribution in [0.2, 0.25) is 0 Å². The molecule has 27 heavy (non-hydrogen) atoms. The van der Waals surface area contributed by atoms with Gasteiger partial charge in [-0.2, -0.15) is 0 Å². The molecular weight excluding hydrogens is 344 g/mol. The lowest BCUT2D eigenvalue weighted by molar-refractivity contribution is -0.174. The molecule has 1 amide bonds. The monoisotopic (exact) mass is 374 g/mol. The lowest BCUT2D eigenvalue weighted by atomic mass is 9.76. The molecule has 0 unspecified atom stereocenters. The summed E-state index contributed by atoms with van der Waals surface area (Å²) in [5, 5.41) is 12.2. The van der Waals surface area contributed by atoms with Crippen molar-refractivity contribution < 1.29 is 19.4 Å². The average Bonchev–Trinajstić information content (AvgIpc) is 3.22. The van der Waals surface area contributed by atoms with Gasteiger partial charge in [0.05, 0.1) is 11.9 Å². The molecule has 0 radical (unpaired) electrons. The van der Waals surface area contributed by atoms with Crippen molar-refractivity contribution in [3.63, 3.8) is 0 Å². The Balaban J connectivity index is 1.82. The summed E-state index contributed by atoms with van der Waals surface area (Å²) in [4.78, 5) is 16.8. The fourth-order valence-electron chi connectivity index (χ4n) is 4.30. The van der Waals surface area contributed by atoms with E-state index >= 15 is 0 Å². The number of carbonyl (C=O) groups excluding carboxylic acids is 1. The summed E-state index contributed by atoms with van der Waals surface area (Å²) in [7, 11) is 0. The van der Waals surface area contributed by atoms with E-state index in [1.165, 1.54) is 25.7 Å². The van der Waals surface area contributed by atoms with Crippen LogP contribution in [0.1, 0.15) is 45.4 Å². The van der Waals surface area contributed by atoms with Crippen LogP contribution < -0.4 is 5.32 Å². The molecule has 2 N–H and O–H groups in total. The van der Waals surface area contributed by atoms with Crippen LogP contribution in [-0.2, 0) is 14.3 Å². The number of nitrogens with zero attached hydrogens (tertiary/aromatic N) is 1. The van der Waals surface area contributed by atoms with Crippen molar-refractivity contribution in [2.24, 2.45) is 17.8 Å². The number of rotatable bonds is 8. The molecule has 6 nitrogen and oxygen atoms in total. The highest BCUT2D eigenvalue weighted by atomic mass is 16.7. The van der Waals surface area contributed by atoms with E-state index in [2.05, 4.69) is 10.3 Å². The van der Waals surface area contributed by atoms with Crippen molar-refractivity contribution in [1.82, 2.24) is 4.98 Å². The molecule has 2 heterocycles. The molecule has 148 valence electrons. The summed E-state index contributed by atoms with van der Waals surface area (Å²) in [6.45, 7) is 2.62. The second-order valence-corrected chi connectivity index (χ2v) is 7.32. The van der Waals surface area contributed by atoms with Crippen LogP contribution in [-0.4, -0.2) is 35.5 Å². The van der Waals surface area contributed by atoms with Crippen LogP contribution in [0.15, 0.2) is 36.4 Å². The summed E-state index contributed by atoms with van der Waals surface area (Å²) < 4.78 is 11.9. The highest BCUT2D eigenvalue weighted by Gasteiger charge is 2.41. The highest BCUT2D eigenvalue weighted by Crippen LogP contribution is 2.43. The van der Waals surface area contributed by atoms with Gasteiger partial charge in [0.1, 0.15) is 0 Å². The SMILES string of the molecule is CCO[C@H]1OC(C(=O)Nc2cccnc2)=C[C@@H](C2CCCC2)[C@@H]1CCCO. The first-order valence-electron chi connectivity index (χ1n) is 10.0. The van der Waals surface area contributed by atoms with Crippen molar-refractivity contribution in [2.75, 3.05) is 18.5 Å². The third-order valence-electron chi connectivity index (χ3n) is 5.54. The van der Waals surface area contributed by atoms with Crippen LogP contribution in [0.5, 0.6) is 0 Å². The predicted octanol–water partition coefficient (Wildman–Crippen LogP) is 3.49. The molecule has 0 bridgehead atoms. The normalized spacial score (nSPS) is 25.7. The topological polar surface area (TPSA) is 80.7 Å². The summed E-state index contributed by atoms with van der Waals surface area (Å²) in [5.74, 6) is 1.00. The molecule has 1 saturated carbocycles. The van der Waals surface area contributed by atoms with E-state index in [0.717, 1.165) is 6.42 Å². The molecule has 0 spiro atoms. The molecule has 0 aromatic carbocycles. The lowest BCUT2D eigenvalue weighted by Gasteiger charge is -2.39. The summed E-state index contributed by atoms with van der Waals surface area (Å²) >= 11 is 0. The second-order valence-electron chi connectivity index (χ2n) is 7.32. The molecule has 3 atom stereocenters. The molecule has 2 aliphatic rings. The fraction of sp³-hybridized carbons (Fsp3) is 0.619. The van der Waals surface area contributed by atoms with Crippen LogP contribution in [0, 0.1) is 17.8 Å². The number of hydrogen-bond acceptors (Lipinski definition) is 5. The van der Waals surface area contributed by atoms with E-state index in [0.29, 0.717) is 30.4 Å². The smallest absolute Gasteiger partial charge is 0.290 e. The molecule has 1 aliphatic carbocycles. The lowest BCUT2D eigenvalue weighted by Crippen LogP contribution is -2.40. The van der Waals surface area contributed by atoms with E-state index in [9.17, 15) is 9.90 Å². The van der Waals surface area contributed by atoms with Crippen LogP contribution in [0.3, 0.4) is 0 Å². The average molecular weight is 374 g/mol. The standard InChI is InChI=1S/C21H30N2O4/c1-2-26-21-17(10-6-12-24)18(15-7-3-4-8-15)13-19(27-21)20(25)23-16-9-5-11-22-14-16/h5,9,11,13-15,17-18,21,24H,2-4,6-8,10,12H2,1H3,(H,23,25)/t17-,18-,21-/m0/s1. The van der Waals surface area contributed by atoms with Gasteiger partial charge >= 0.3 is 0 Å². The molecule has 3 rings (SSSR count). The van der Waals surface area contributed by atoms with E-state index in [1.54, 1.807) is 24.5 Å². The maximum atomic E-state index is 12.8. The number of allylic oxidation sites excluding steroid dienone is 1. The first-order chi connectivity index (χ1) is 13.2. The molecule has 1 aromatic rings. The molecular formula is C21H30N2O4. The zero-order chi connectivity index (χ0) is 19.1. The number of anilines is 1. The van der Waals surface area contributed by atoms with Crippen molar-refractivity contribution in [1.29, 1.82) is 0 Å². The van der Waals surface area contributed by atoms with Gasteiger partial charge in [-0.1, -0.05) is 12.8 Å². The molecule has 1 aromatic heterocycles. The van der Waals surface area contributed by atoms with E-state index in [1.807, 2.05) is 13.0 Å². The number of pyridine rings is 1. The Labute approximate surface area is 161 Å². The van der Waals surface area contributed by atoms with Gasteiger partial charge in [-0.15, -0.1) is 0 Å². The molecule has 1 fully saturated rings. The third-order valence-corrected chi connectivity index (χ3v) is 5.54. The van der Waals surface area contributed by atoms with Crippen molar-refractivity contribution >= 4 is 11.6 Å². The van der Waals surface area contributed by atoms with Crippen molar-refractivity contribution in [3.05, 3.63) is 36.4 Å². The van der Waals surface area contributed by atoms with Crippen molar-refractivity contribution in [2.45, 2.75) is 51.7 Å². The Bertz CT molecular complexity index is 628. The molecule has 6 heteroatoms. The molecule has 1 aliphatic heterocycles. The van der Waals surface area contributed by atoms with Gasteiger partial charge in [-0.05, 0) is 62.7 Å². The number of aliphatic hydroxyl groups is 1. The summed E-state index contributed by atoms with van der Waals surface area (Å²) in [6.07, 6.45) is 11.2. The number of ether oxygens (including phenoxy) is 2. The number of nitrogens with one attached hydrogen (secondary N) is 1. The Kier molecular flexibility index (Phi) is 7.24. The van der Waals surface area contributed by atoms with Crippen LogP contribution in [0.25, 0.3) is 0 Å². The van der Waals surface area contributed by atoms with Gasteiger partial charge in [0.15, 0.2) is 5.76 Å². The Morgan fingerprint density at radius 1 is 1.41 bits per heavy atom. The number of carbonyl (C=O) groups is 1. The first-order valence-corrected chi connectivity index (χ1v) is 10.0. The molecule has 0 saturated heterocycles. The highest BCUT2D eigenvalue weighted by molar-refractivity contribution is 6.02. The van der Waals surface area contributed by atoms with E-state index < -0.39 is 6.29 Å². The second kappa shape index (κ2) is 9.85. The quantitative estimate of drug-likeness (QED) is 0.728.